The van der Waals surface area contributed by atoms with Crippen LogP contribution in [-0.2, 0) is 11.0 Å². The van der Waals surface area contributed by atoms with Gasteiger partial charge in [-0.25, -0.2) is 4.99 Å². The van der Waals surface area contributed by atoms with Crippen LogP contribution < -0.4 is 5.32 Å². The predicted octanol–water partition coefficient (Wildman–Crippen LogP) is 2.94. The monoisotopic (exact) mass is 384 g/mol. The van der Waals surface area contributed by atoms with Gasteiger partial charge in [-0.05, 0) is 31.9 Å². The number of hydrogen-bond donors (Lipinski definition) is 1. The molecule has 0 aliphatic carbocycles. The van der Waals surface area contributed by atoms with Gasteiger partial charge >= 0.3 is 6.18 Å². The first-order valence-corrected chi connectivity index (χ1v) is 9.01. The first-order chi connectivity index (χ1) is 12.6. The molecule has 1 aromatic rings. The van der Waals surface area contributed by atoms with E-state index in [1.165, 1.54) is 17.0 Å². The summed E-state index contributed by atoms with van der Waals surface area (Å²) in [5, 5.41) is 3.25. The van der Waals surface area contributed by atoms with E-state index in [1.54, 1.807) is 20.2 Å². The van der Waals surface area contributed by atoms with Crippen molar-refractivity contribution in [3.8, 4) is 0 Å². The molecule has 1 atom stereocenters. The molecule has 5 nitrogen and oxygen atoms in total. The largest absolute Gasteiger partial charge is 0.416 e. The number of nitrogens with zero attached hydrogens (tertiary/aromatic N) is 3. The van der Waals surface area contributed by atoms with E-state index in [1.807, 2.05) is 18.7 Å². The van der Waals surface area contributed by atoms with Crippen molar-refractivity contribution in [3.05, 3.63) is 35.4 Å². The Balaban J connectivity index is 2.13. The minimum absolute atomic E-state index is 0.00369. The van der Waals surface area contributed by atoms with Crippen molar-refractivity contribution >= 4 is 11.9 Å². The molecular weight excluding hydrogens is 357 g/mol. The fraction of sp³-hybridized carbons (Fsp3) is 0.579. The molecule has 1 heterocycles. The van der Waals surface area contributed by atoms with Gasteiger partial charge in [0, 0.05) is 39.1 Å². The van der Waals surface area contributed by atoms with Crippen molar-refractivity contribution in [1.82, 2.24) is 15.1 Å². The molecule has 27 heavy (non-hydrogen) atoms. The van der Waals surface area contributed by atoms with Crippen molar-refractivity contribution in [2.24, 2.45) is 4.99 Å². The van der Waals surface area contributed by atoms with Gasteiger partial charge in [-0.3, -0.25) is 4.79 Å². The fourth-order valence-electron chi connectivity index (χ4n) is 2.97. The summed E-state index contributed by atoms with van der Waals surface area (Å²) in [6.45, 7) is 5.23. The number of amides is 1. The Bertz CT molecular complexity index is 686. The van der Waals surface area contributed by atoms with E-state index in [0.717, 1.165) is 12.5 Å². The summed E-state index contributed by atoms with van der Waals surface area (Å²) in [4.78, 5) is 19.7. The Kier molecular flexibility index (Phi) is 6.73. The van der Waals surface area contributed by atoms with E-state index < -0.39 is 11.7 Å². The van der Waals surface area contributed by atoms with Crippen molar-refractivity contribution in [1.29, 1.82) is 0 Å². The van der Waals surface area contributed by atoms with Crippen LogP contribution >= 0.6 is 0 Å². The third-order valence-corrected chi connectivity index (χ3v) is 4.45. The molecule has 1 aromatic carbocycles. The van der Waals surface area contributed by atoms with Crippen molar-refractivity contribution < 1.29 is 18.0 Å². The van der Waals surface area contributed by atoms with Gasteiger partial charge < -0.3 is 15.1 Å². The Morgan fingerprint density at radius 3 is 2.67 bits per heavy atom. The molecule has 0 saturated carbocycles. The first-order valence-electron chi connectivity index (χ1n) is 9.01. The van der Waals surface area contributed by atoms with Gasteiger partial charge in [-0.15, -0.1) is 0 Å². The summed E-state index contributed by atoms with van der Waals surface area (Å²) in [6, 6.07) is 5.65. The second-order valence-corrected chi connectivity index (χ2v) is 7.28. The third kappa shape index (κ3) is 5.87. The maximum absolute atomic E-state index is 13.0. The molecule has 1 aliphatic rings. The van der Waals surface area contributed by atoms with Crippen molar-refractivity contribution in [3.63, 3.8) is 0 Å². The molecule has 150 valence electrons. The molecule has 0 spiro atoms. The Morgan fingerprint density at radius 2 is 2.07 bits per heavy atom. The molecule has 1 saturated heterocycles. The van der Waals surface area contributed by atoms with E-state index in [9.17, 15) is 18.0 Å². The maximum Gasteiger partial charge on any atom is 0.416 e. The molecule has 1 N–H and O–H groups in total. The zero-order valence-electron chi connectivity index (χ0n) is 16.2. The van der Waals surface area contributed by atoms with Crippen LogP contribution in [0.4, 0.5) is 13.2 Å². The number of likely N-dealkylation sites (N-methyl/N-ethyl adjacent to an activating group) is 1. The lowest BCUT2D eigenvalue weighted by Crippen LogP contribution is -2.43. The summed E-state index contributed by atoms with van der Waals surface area (Å²) in [5.74, 6) is 0.511. The normalized spacial score (nSPS) is 18.1. The summed E-state index contributed by atoms with van der Waals surface area (Å²) < 4.78 is 38.9. The zero-order chi connectivity index (χ0) is 20.2. The quantitative estimate of drug-likeness (QED) is 0.641. The average molecular weight is 384 g/mol. The minimum atomic E-state index is -4.34. The molecule has 1 amide bonds. The topological polar surface area (TPSA) is 47.9 Å². The van der Waals surface area contributed by atoms with Crippen LogP contribution in [0.15, 0.2) is 29.3 Å². The SMILES string of the molecule is CC(C)NC(=NCC(=O)N(C)C)N1CCC(c2cccc(C(F)(F)F)c2)C1. The number of nitrogens with one attached hydrogen (secondary N) is 1. The molecular formula is C19H27F3N4O. The lowest BCUT2D eigenvalue weighted by atomic mass is 9.96. The van der Waals surface area contributed by atoms with Crippen LogP contribution in [0, 0.1) is 0 Å². The number of guanidine groups is 1. The van der Waals surface area contributed by atoms with E-state index >= 15 is 0 Å². The maximum atomic E-state index is 13.0. The molecule has 2 rings (SSSR count). The van der Waals surface area contributed by atoms with Gasteiger partial charge in [-0.2, -0.15) is 13.2 Å². The summed E-state index contributed by atoms with van der Waals surface area (Å²) in [6.07, 6.45) is -3.60. The van der Waals surface area contributed by atoms with Gasteiger partial charge in [0.25, 0.3) is 0 Å². The molecule has 1 aliphatic heterocycles. The minimum Gasteiger partial charge on any atom is -0.354 e. The molecule has 0 aromatic heterocycles. The Labute approximate surface area is 158 Å². The summed E-state index contributed by atoms with van der Waals surface area (Å²) in [7, 11) is 3.35. The Morgan fingerprint density at radius 1 is 1.37 bits per heavy atom. The highest BCUT2D eigenvalue weighted by atomic mass is 19.4. The number of aliphatic imine (C=N–C) groups is 1. The number of likely N-dealkylation sites (tertiary alicyclic amines) is 1. The number of hydrogen-bond acceptors (Lipinski definition) is 2. The number of carbonyl (C=O) groups is 1. The highest BCUT2D eigenvalue weighted by Gasteiger charge is 2.32. The van der Waals surface area contributed by atoms with Crippen LogP contribution in [0.2, 0.25) is 0 Å². The number of halogens is 3. The lowest BCUT2D eigenvalue weighted by molar-refractivity contribution is -0.137. The molecule has 0 bridgehead atoms. The Hall–Kier alpha value is -2.25. The average Bonchev–Trinajstić information content (AvgIpc) is 3.07. The second-order valence-electron chi connectivity index (χ2n) is 7.28. The highest BCUT2D eigenvalue weighted by molar-refractivity contribution is 5.85. The van der Waals surface area contributed by atoms with Crippen LogP contribution in [0.3, 0.4) is 0 Å². The van der Waals surface area contributed by atoms with Crippen molar-refractivity contribution in [2.75, 3.05) is 33.7 Å². The van der Waals surface area contributed by atoms with E-state index in [0.29, 0.717) is 24.6 Å². The summed E-state index contributed by atoms with van der Waals surface area (Å²) >= 11 is 0. The van der Waals surface area contributed by atoms with E-state index in [-0.39, 0.29) is 24.4 Å². The molecule has 0 radical (unpaired) electrons. The predicted molar refractivity (Wildman–Crippen MR) is 99.6 cm³/mol. The first kappa shape index (κ1) is 21.1. The number of benzene rings is 1. The summed E-state index contributed by atoms with van der Waals surface area (Å²) in [5.41, 5.74) is 0.0600. The van der Waals surface area contributed by atoms with Crippen LogP contribution in [-0.4, -0.2) is 61.4 Å². The molecule has 1 unspecified atom stereocenters. The second kappa shape index (κ2) is 8.63. The van der Waals surface area contributed by atoms with E-state index in [4.69, 9.17) is 0 Å². The van der Waals surface area contributed by atoms with Gasteiger partial charge in [0.2, 0.25) is 5.91 Å². The lowest BCUT2D eigenvalue weighted by Gasteiger charge is -2.24. The van der Waals surface area contributed by atoms with Crippen molar-refractivity contribution in [2.45, 2.75) is 38.4 Å². The number of rotatable bonds is 4. The van der Waals surface area contributed by atoms with Gasteiger partial charge in [0.15, 0.2) is 5.96 Å². The highest BCUT2D eigenvalue weighted by Crippen LogP contribution is 2.33. The van der Waals surface area contributed by atoms with Gasteiger partial charge in [0.1, 0.15) is 6.54 Å². The fourth-order valence-corrected chi connectivity index (χ4v) is 2.97. The van der Waals surface area contributed by atoms with Crippen LogP contribution in [0.1, 0.15) is 37.3 Å². The molecule has 8 heteroatoms. The van der Waals surface area contributed by atoms with E-state index in [2.05, 4.69) is 10.3 Å². The number of carbonyl (C=O) groups excluding carboxylic acids is 1. The molecule has 1 fully saturated rings. The van der Waals surface area contributed by atoms with Crippen LogP contribution in [0.25, 0.3) is 0 Å². The zero-order valence-corrected chi connectivity index (χ0v) is 16.2. The standard InChI is InChI=1S/C19H27F3N4O/c1-13(2)24-18(23-11-17(27)25(3)4)26-9-8-15(12-26)14-6-5-7-16(10-14)19(20,21)22/h5-7,10,13,15H,8-9,11-12H2,1-4H3,(H,23,24). The smallest absolute Gasteiger partial charge is 0.354 e. The van der Waals surface area contributed by atoms with Crippen LogP contribution in [0.5, 0.6) is 0 Å². The number of alkyl halides is 3. The van der Waals surface area contributed by atoms with Gasteiger partial charge in [-0.1, -0.05) is 18.2 Å². The third-order valence-electron chi connectivity index (χ3n) is 4.45. The van der Waals surface area contributed by atoms with Gasteiger partial charge in [0.05, 0.1) is 5.56 Å².